The van der Waals surface area contributed by atoms with E-state index in [2.05, 4.69) is 23.9 Å². The molecule has 1 saturated heterocycles. The fourth-order valence-corrected chi connectivity index (χ4v) is 2.18. The summed E-state index contributed by atoms with van der Waals surface area (Å²) in [7, 11) is 4.15. The van der Waals surface area contributed by atoms with Crippen molar-refractivity contribution < 1.29 is 4.39 Å². The molecular formula is C12H18FN3. The Hall–Kier alpha value is -1.29. The predicted octanol–water partition coefficient (Wildman–Crippen LogP) is 1.55. The van der Waals surface area contributed by atoms with Gasteiger partial charge in [-0.2, -0.15) is 0 Å². The lowest BCUT2D eigenvalue weighted by Crippen LogP contribution is -2.31. The molecule has 1 aromatic carbocycles. The fraction of sp³-hybridized carbons (Fsp3) is 0.500. The maximum Gasteiger partial charge on any atom is 0.127 e. The molecule has 1 fully saturated rings. The molecule has 0 spiro atoms. The number of hydrogen-bond donors (Lipinski definition) is 1. The van der Waals surface area contributed by atoms with Gasteiger partial charge in [0.1, 0.15) is 5.82 Å². The molecule has 2 rings (SSSR count). The van der Waals surface area contributed by atoms with Gasteiger partial charge in [0.2, 0.25) is 0 Å². The van der Waals surface area contributed by atoms with Crippen molar-refractivity contribution in [3.05, 3.63) is 24.0 Å². The molecule has 1 aliphatic heterocycles. The molecule has 0 bridgehead atoms. The third-order valence-corrected chi connectivity index (χ3v) is 3.16. The van der Waals surface area contributed by atoms with Crippen LogP contribution in [0.2, 0.25) is 0 Å². The summed E-state index contributed by atoms with van der Waals surface area (Å²) in [5.74, 6) is -0.261. The quantitative estimate of drug-likeness (QED) is 0.772. The predicted molar refractivity (Wildman–Crippen MR) is 65.1 cm³/mol. The highest BCUT2D eigenvalue weighted by atomic mass is 19.1. The second kappa shape index (κ2) is 4.29. The zero-order valence-corrected chi connectivity index (χ0v) is 9.78. The minimum absolute atomic E-state index is 0.261. The Bertz CT molecular complexity index is 358. The molecule has 0 saturated carbocycles. The first-order valence-electron chi connectivity index (χ1n) is 5.53. The molecule has 3 nitrogen and oxygen atoms in total. The van der Waals surface area contributed by atoms with Gasteiger partial charge in [0, 0.05) is 30.5 Å². The zero-order valence-electron chi connectivity index (χ0n) is 9.78. The summed E-state index contributed by atoms with van der Waals surface area (Å²) in [4.78, 5) is 4.40. The lowest BCUT2D eigenvalue weighted by Gasteiger charge is -2.22. The van der Waals surface area contributed by atoms with Crippen molar-refractivity contribution in [2.45, 2.75) is 12.5 Å². The molecule has 0 radical (unpaired) electrons. The normalized spacial score (nSPS) is 20.8. The summed E-state index contributed by atoms with van der Waals surface area (Å²) < 4.78 is 13.2. The van der Waals surface area contributed by atoms with Gasteiger partial charge in [0.05, 0.1) is 0 Å². The number of nitrogen functional groups attached to an aromatic ring is 1. The van der Waals surface area contributed by atoms with Gasteiger partial charge in [-0.25, -0.2) is 4.39 Å². The average Bonchev–Trinajstić information content (AvgIpc) is 2.64. The van der Waals surface area contributed by atoms with E-state index in [-0.39, 0.29) is 5.82 Å². The maximum absolute atomic E-state index is 13.2. The Morgan fingerprint density at radius 1 is 1.38 bits per heavy atom. The van der Waals surface area contributed by atoms with E-state index >= 15 is 0 Å². The minimum Gasteiger partial charge on any atom is -0.399 e. The molecule has 0 amide bonds. The van der Waals surface area contributed by atoms with Gasteiger partial charge in [-0.05, 0) is 38.7 Å². The first-order chi connectivity index (χ1) is 7.56. The van der Waals surface area contributed by atoms with Crippen LogP contribution >= 0.6 is 0 Å². The van der Waals surface area contributed by atoms with Gasteiger partial charge in [0.25, 0.3) is 0 Å². The highest BCUT2D eigenvalue weighted by Gasteiger charge is 2.24. The van der Waals surface area contributed by atoms with E-state index in [1.165, 1.54) is 6.07 Å². The van der Waals surface area contributed by atoms with Crippen molar-refractivity contribution >= 4 is 11.4 Å². The van der Waals surface area contributed by atoms with Gasteiger partial charge in [0.15, 0.2) is 0 Å². The van der Waals surface area contributed by atoms with Gasteiger partial charge < -0.3 is 15.5 Å². The van der Waals surface area contributed by atoms with Crippen LogP contribution in [0.5, 0.6) is 0 Å². The van der Waals surface area contributed by atoms with E-state index in [0.717, 1.165) is 25.2 Å². The lowest BCUT2D eigenvalue weighted by molar-refractivity contribution is 0.315. The Labute approximate surface area is 95.6 Å². The van der Waals surface area contributed by atoms with E-state index < -0.39 is 0 Å². The average molecular weight is 223 g/mol. The number of anilines is 2. The largest absolute Gasteiger partial charge is 0.399 e. The highest BCUT2D eigenvalue weighted by Crippen LogP contribution is 2.25. The van der Waals surface area contributed by atoms with Gasteiger partial charge in [-0.3, -0.25) is 0 Å². The van der Waals surface area contributed by atoms with Crippen LogP contribution in [0.15, 0.2) is 18.2 Å². The molecule has 1 atom stereocenters. The van der Waals surface area contributed by atoms with Gasteiger partial charge in [-0.1, -0.05) is 0 Å². The number of likely N-dealkylation sites (N-methyl/N-ethyl adjacent to an activating group) is 1. The first kappa shape index (κ1) is 11.2. The second-order valence-corrected chi connectivity index (χ2v) is 4.59. The van der Waals surface area contributed by atoms with Gasteiger partial charge in [-0.15, -0.1) is 0 Å². The van der Waals surface area contributed by atoms with Crippen molar-refractivity contribution in [3.63, 3.8) is 0 Å². The molecule has 88 valence electrons. The standard InChI is InChI=1S/C12H18FN3/c1-15(2)11-3-4-16(8-11)12-6-9(13)5-10(14)7-12/h5-7,11H,3-4,8,14H2,1-2H3. The maximum atomic E-state index is 13.2. The molecule has 16 heavy (non-hydrogen) atoms. The van der Waals surface area contributed by atoms with Crippen molar-refractivity contribution in [2.75, 3.05) is 37.8 Å². The number of rotatable bonds is 2. The molecule has 1 heterocycles. The van der Waals surface area contributed by atoms with Crippen LogP contribution in [0.25, 0.3) is 0 Å². The number of benzene rings is 1. The molecule has 1 unspecified atom stereocenters. The van der Waals surface area contributed by atoms with Crippen molar-refractivity contribution in [2.24, 2.45) is 0 Å². The number of halogens is 1. The molecule has 0 aliphatic carbocycles. The highest BCUT2D eigenvalue weighted by molar-refractivity contribution is 5.57. The first-order valence-corrected chi connectivity index (χ1v) is 5.53. The fourth-order valence-electron chi connectivity index (χ4n) is 2.18. The SMILES string of the molecule is CN(C)C1CCN(c2cc(N)cc(F)c2)C1. The summed E-state index contributed by atoms with van der Waals surface area (Å²) in [5, 5.41) is 0. The van der Waals surface area contributed by atoms with Gasteiger partial charge >= 0.3 is 0 Å². The van der Waals surface area contributed by atoms with Crippen LogP contribution in [0.4, 0.5) is 15.8 Å². The van der Waals surface area contributed by atoms with Crippen LogP contribution in [0.3, 0.4) is 0 Å². The molecule has 1 aromatic rings. The Balaban J connectivity index is 2.14. The van der Waals surface area contributed by atoms with Crippen LogP contribution in [0.1, 0.15) is 6.42 Å². The molecule has 2 N–H and O–H groups in total. The minimum atomic E-state index is -0.261. The zero-order chi connectivity index (χ0) is 11.7. The summed E-state index contributed by atoms with van der Waals surface area (Å²) in [6.07, 6.45) is 1.11. The molecule has 4 heteroatoms. The van der Waals surface area contributed by atoms with E-state index in [4.69, 9.17) is 5.73 Å². The second-order valence-electron chi connectivity index (χ2n) is 4.59. The van der Waals surface area contributed by atoms with E-state index in [9.17, 15) is 4.39 Å². The summed E-state index contributed by atoms with van der Waals surface area (Å²) in [6, 6.07) is 5.28. The van der Waals surface area contributed by atoms with Crippen molar-refractivity contribution in [1.82, 2.24) is 4.90 Å². The summed E-state index contributed by atoms with van der Waals surface area (Å²) >= 11 is 0. The lowest BCUT2D eigenvalue weighted by atomic mass is 10.2. The Morgan fingerprint density at radius 2 is 2.12 bits per heavy atom. The summed E-state index contributed by atoms with van der Waals surface area (Å²) in [5.41, 5.74) is 7.02. The topological polar surface area (TPSA) is 32.5 Å². The molecule has 1 aliphatic rings. The van der Waals surface area contributed by atoms with E-state index in [1.54, 1.807) is 6.07 Å². The smallest absolute Gasteiger partial charge is 0.127 e. The van der Waals surface area contributed by atoms with Crippen molar-refractivity contribution in [1.29, 1.82) is 0 Å². The van der Waals surface area contributed by atoms with Crippen LogP contribution in [0, 0.1) is 5.82 Å². The number of nitrogens with zero attached hydrogens (tertiary/aromatic N) is 2. The number of hydrogen-bond acceptors (Lipinski definition) is 3. The van der Waals surface area contributed by atoms with E-state index in [1.807, 2.05) is 6.07 Å². The van der Waals surface area contributed by atoms with Crippen LogP contribution in [-0.2, 0) is 0 Å². The summed E-state index contributed by atoms with van der Waals surface area (Å²) in [6.45, 7) is 1.90. The number of nitrogens with two attached hydrogens (primary N) is 1. The third-order valence-electron chi connectivity index (χ3n) is 3.16. The molecular weight excluding hydrogens is 205 g/mol. The Kier molecular flexibility index (Phi) is 3.01. The van der Waals surface area contributed by atoms with Crippen LogP contribution in [-0.4, -0.2) is 38.1 Å². The van der Waals surface area contributed by atoms with Crippen molar-refractivity contribution in [3.8, 4) is 0 Å². The van der Waals surface area contributed by atoms with Crippen LogP contribution < -0.4 is 10.6 Å². The Morgan fingerprint density at radius 3 is 2.69 bits per heavy atom. The third kappa shape index (κ3) is 2.27. The molecule has 0 aromatic heterocycles. The monoisotopic (exact) mass is 223 g/mol. The van der Waals surface area contributed by atoms with E-state index in [0.29, 0.717) is 11.7 Å².